The third kappa shape index (κ3) is 3.01. The molecule has 108 valence electrons. The Balaban J connectivity index is 2.09. The first-order valence-electron chi connectivity index (χ1n) is 7.20. The van der Waals surface area contributed by atoms with Gasteiger partial charge in [0.2, 0.25) is 0 Å². The molecule has 1 aromatic carbocycles. The number of halogens is 1. The molecule has 3 rings (SSSR count). The maximum absolute atomic E-state index is 5.63. The lowest BCUT2D eigenvalue weighted by molar-refractivity contribution is 0.748. The van der Waals surface area contributed by atoms with Gasteiger partial charge in [-0.15, -0.1) is 0 Å². The summed E-state index contributed by atoms with van der Waals surface area (Å²) in [6, 6.07) is 10.6. The van der Waals surface area contributed by atoms with Gasteiger partial charge in [-0.2, -0.15) is 0 Å². The van der Waals surface area contributed by atoms with Crippen molar-refractivity contribution in [2.45, 2.75) is 19.3 Å². The Kier molecular flexibility index (Phi) is 4.36. The lowest BCUT2D eigenvalue weighted by atomic mass is 10.0. The third-order valence-electron chi connectivity index (χ3n) is 3.69. The highest BCUT2D eigenvalue weighted by Crippen LogP contribution is 2.32. The van der Waals surface area contributed by atoms with Crippen LogP contribution in [0.1, 0.15) is 18.4 Å². The van der Waals surface area contributed by atoms with Crippen molar-refractivity contribution in [2.75, 3.05) is 6.54 Å². The molecule has 0 unspecified atom stereocenters. The first-order chi connectivity index (χ1) is 10.3. The lowest BCUT2D eigenvalue weighted by Crippen LogP contribution is -1.99. The van der Waals surface area contributed by atoms with Crippen molar-refractivity contribution >= 4 is 26.8 Å². The Morgan fingerprint density at radius 1 is 1.14 bits per heavy atom. The van der Waals surface area contributed by atoms with E-state index in [0.717, 1.165) is 35.8 Å². The van der Waals surface area contributed by atoms with Crippen LogP contribution in [-0.4, -0.2) is 16.5 Å². The van der Waals surface area contributed by atoms with E-state index in [2.05, 4.69) is 56.2 Å². The fourth-order valence-corrected chi connectivity index (χ4v) is 3.07. The minimum Gasteiger partial charge on any atom is -0.354 e. The fourth-order valence-electron chi connectivity index (χ4n) is 2.70. The molecule has 0 bridgehead atoms. The number of aryl methyl sites for hydroxylation is 1. The summed E-state index contributed by atoms with van der Waals surface area (Å²) in [6.07, 6.45) is 6.90. The van der Waals surface area contributed by atoms with Crippen LogP contribution in [0.25, 0.3) is 22.2 Å². The second-order valence-electron chi connectivity index (χ2n) is 5.16. The smallest absolute Gasteiger partial charge is 0.0513 e. The molecule has 0 aliphatic rings. The van der Waals surface area contributed by atoms with Crippen LogP contribution in [-0.2, 0) is 6.42 Å². The predicted molar refractivity (Wildman–Crippen MR) is 91.2 cm³/mol. The molecule has 3 aromatic rings. The highest BCUT2D eigenvalue weighted by atomic mass is 79.9. The van der Waals surface area contributed by atoms with Crippen LogP contribution in [0.5, 0.6) is 0 Å². The summed E-state index contributed by atoms with van der Waals surface area (Å²) in [7, 11) is 0. The number of pyridine rings is 1. The molecule has 4 heteroatoms. The molecule has 2 aromatic heterocycles. The highest BCUT2D eigenvalue weighted by Gasteiger charge is 2.13. The number of hydrogen-bond donors (Lipinski definition) is 2. The molecule has 0 aliphatic heterocycles. The van der Waals surface area contributed by atoms with Gasteiger partial charge in [0.25, 0.3) is 0 Å². The third-order valence-corrected chi connectivity index (χ3v) is 4.12. The van der Waals surface area contributed by atoms with E-state index in [1.54, 1.807) is 6.20 Å². The average Bonchev–Trinajstić information content (AvgIpc) is 2.87. The zero-order valence-corrected chi connectivity index (χ0v) is 13.4. The van der Waals surface area contributed by atoms with Crippen LogP contribution in [0.15, 0.2) is 47.2 Å². The summed E-state index contributed by atoms with van der Waals surface area (Å²) in [4.78, 5) is 7.82. The molecule has 0 spiro atoms. The molecule has 21 heavy (non-hydrogen) atoms. The van der Waals surface area contributed by atoms with E-state index in [-0.39, 0.29) is 0 Å². The largest absolute Gasteiger partial charge is 0.354 e. The van der Waals surface area contributed by atoms with Gasteiger partial charge >= 0.3 is 0 Å². The molecule has 0 fully saturated rings. The Bertz CT molecular complexity index is 749. The van der Waals surface area contributed by atoms with Crippen molar-refractivity contribution in [3.8, 4) is 11.3 Å². The summed E-state index contributed by atoms with van der Waals surface area (Å²) in [5.74, 6) is 0. The molecule has 0 aliphatic carbocycles. The monoisotopic (exact) mass is 343 g/mol. The summed E-state index contributed by atoms with van der Waals surface area (Å²) in [6.45, 7) is 0.746. The van der Waals surface area contributed by atoms with Crippen LogP contribution < -0.4 is 5.73 Å². The number of H-pyrrole nitrogens is 1. The summed E-state index contributed by atoms with van der Waals surface area (Å²) >= 11 is 3.50. The molecule has 2 heterocycles. The number of nitrogens with zero attached hydrogens (tertiary/aromatic N) is 1. The van der Waals surface area contributed by atoms with Crippen molar-refractivity contribution in [3.63, 3.8) is 0 Å². The fraction of sp³-hybridized carbons (Fsp3) is 0.235. The van der Waals surface area contributed by atoms with E-state index in [0.29, 0.717) is 0 Å². The van der Waals surface area contributed by atoms with Crippen LogP contribution >= 0.6 is 15.9 Å². The van der Waals surface area contributed by atoms with Gasteiger partial charge in [-0.3, -0.25) is 4.98 Å². The number of unbranched alkanes of at least 4 members (excludes halogenated alkanes) is 1. The van der Waals surface area contributed by atoms with Crippen molar-refractivity contribution in [3.05, 3.63) is 52.8 Å². The van der Waals surface area contributed by atoms with Crippen LogP contribution in [0.4, 0.5) is 0 Å². The topological polar surface area (TPSA) is 54.7 Å². The Morgan fingerprint density at radius 2 is 2.00 bits per heavy atom. The quantitative estimate of drug-likeness (QED) is 0.679. The van der Waals surface area contributed by atoms with Gasteiger partial charge < -0.3 is 10.7 Å². The minimum atomic E-state index is 0.746. The second kappa shape index (κ2) is 6.41. The summed E-state index contributed by atoms with van der Waals surface area (Å²) < 4.78 is 0.992. The Labute approximate surface area is 132 Å². The van der Waals surface area contributed by atoms with E-state index in [4.69, 9.17) is 5.73 Å². The minimum absolute atomic E-state index is 0.746. The van der Waals surface area contributed by atoms with Gasteiger partial charge in [-0.05, 0) is 59.4 Å². The zero-order valence-electron chi connectivity index (χ0n) is 11.8. The second-order valence-corrected chi connectivity index (χ2v) is 6.08. The molecule has 0 radical (unpaired) electrons. The van der Waals surface area contributed by atoms with E-state index >= 15 is 0 Å². The first kappa shape index (κ1) is 14.3. The Hall–Kier alpha value is -1.65. The number of fused-ring (bicyclic) bond motifs is 1. The number of aromatic nitrogens is 2. The first-order valence-corrected chi connectivity index (χ1v) is 7.99. The number of nitrogens with two attached hydrogens (primary N) is 1. The number of benzene rings is 1. The number of rotatable bonds is 5. The van der Waals surface area contributed by atoms with Crippen molar-refractivity contribution in [2.24, 2.45) is 5.73 Å². The van der Waals surface area contributed by atoms with E-state index in [9.17, 15) is 0 Å². The average molecular weight is 344 g/mol. The molecule has 0 saturated carbocycles. The van der Waals surface area contributed by atoms with Crippen molar-refractivity contribution in [1.29, 1.82) is 0 Å². The van der Waals surface area contributed by atoms with E-state index in [1.165, 1.54) is 22.2 Å². The van der Waals surface area contributed by atoms with Gasteiger partial charge in [0.15, 0.2) is 0 Å². The maximum Gasteiger partial charge on any atom is 0.0513 e. The van der Waals surface area contributed by atoms with Gasteiger partial charge in [0, 0.05) is 33.3 Å². The SMILES string of the molecule is NCCCCc1c(-c2cncc(Br)c2)[nH]c2ccccc12. The normalized spacial score (nSPS) is 11.1. The van der Waals surface area contributed by atoms with Gasteiger partial charge in [0.05, 0.1) is 5.69 Å². The summed E-state index contributed by atoms with van der Waals surface area (Å²) in [5.41, 5.74) is 10.4. The molecule has 0 saturated heterocycles. The number of aromatic amines is 1. The van der Waals surface area contributed by atoms with E-state index < -0.39 is 0 Å². The van der Waals surface area contributed by atoms with Crippen LogP contribution in [0, 0.1) is 0 Å². The standard InChI is InChI=1S/C17H18BrN3/c18-13-9-12(10-20-11-13)17-15(6-3-4-8-19)14-5-1-2-7-16(14)21-17/h1-2,5,7,9-11,21H,3-4,6,8,19H2. The highest BCUT2D eigenvalue weighted by molar-refractivity contribution is 9.10. The van der Waals surface area contributed by atoms with Crippen molar-refractivity contribution < 1.29 is 0 Å². The molecular formula is C17H18BrN3. The van der Waals surface area contributed by atoms with Gasteiger partial charge in [0.1, 0.15) is 0 Å². The zero-order chi connectivity index (χ0) is 14.7. The van der Waals surface area contributed by atoms with Crippen LogP contribution in [0.2, 0.25) is 0 Å². The predicted octanol–water partition coefficient (Wildman–Crippen LogP) is 4.27. The number of hydrogen-bond acceptors (Lipinski definition) is 2. The number of nitrogens with one attached hydrogen (secondary N) is 1. The van der Waals surface area contributed by atoms with Crippen molar-refractivity contribution in [1.82, 2.24) is 9.97 Å². The molecule has 0 atom stereocenters. The molecule has 0 amide bonds. The van der Waals surface area contributed by atoms with Gasteiger partial charge in [-0.25, -0.2) is 0 Å². The maximum atomic E-state index is 5.63. The van der Waals surface area contributed by atoms with Crippen LogP contribution in [0.3, 0.4) is 0 Å². The lowest BCUT2D eigenvalue weighted by Gasteiger charge is -2.05. The molecule has 3 N–H and O–H groups in total. The van der Waals surface area contributed by atoms with E-state index in [1.807, 2.05) is 6.20 Å². The molecular weight excluding hydrogens is 326 g/mol. The Morgan fingerprint density at radius 3 is 2.81 bits per heavy atom. The molecule has 3 nitrogen and oxygen atoms in total. The number of para-hydroxylation sites is 1. The van der Waals surface area contributed by atoms with Gasteiger partial charge in [-0.1, -0.05) is 18.2 Å². The summed E-state index contributed by atoms with van der Waals surface area (Å²) in [5, 5.41) is 1.30.